The second kappa shape index (κ2) is 7.25. The van der Waals surface area contributed by atoms with Crippen molar-refractivity contribution in [2.45, 2.75) is 46.5 Å². The number of hydrogen-bond acceptors (Lipinski definition) is 3. The molecule has 0 spiro atoms. The molecule has 4 nitrogen and oxygen atoms in total. The molecular weight excluding hydrogens is 276 g/mol. The van der Waals surface area contributed by atoms with E-state index in [-0.39, 0.29) is 5.91 Å². The first-order chi connectivity index (χ1) is 10.6. The van der Waals surface area contributed by atoms with Crippen molar-refractivity contribution in [1.82, 2.24) is 9.78 Å². The molecule has 1 aromatic heterocycles. The highest BCUT2D eigenvalue weighted by molar-refractivity contribution is 5.96. The fourth-order valence-electron chi connectivity index (χ4n) is 2.64. The number of ether oxygens (including phenoxy) is 1. The Kier molecular flexibility index (Phi) is 5.36. The molecule has 0 aliphatic rings. The quantitative estimate of drug-likeness (QED) is 0.759. The van der Waals surface area contributed by atoms with E-state index in [1.165, 1.54) is 23.1 Å². The first-order valence-electron chi connectivity index (χ1n) is 7.82. The highest BCUT2D eigenvalue weighted by atomic mass is 16.5. The molecule has 118 valence electrons. The zero-order chi connectivity index (χ0) is 16.1. The van der Waals surface area contributed by atoms with Gasteiger partial charge in [-0.05, 0) is 56.5 Å². The fraction of sp³-hybridized carbons (Fsp3) is 0.444. The summed E-state index contributed by atoms with van der Waals surface area (Å²) in [6, 6.07) is 7.13. The summed E-state index contributed by atoms with van der Waals surface area (Å²) < 4.78 is 6.65. The normalized spacial score (nSPS) is 10.7. The lowest BCUT2D eigenvalue weighted by atomic mass is 10.1. The van der Waals surface area contributed by atoms with Crippen LogP contribution >= 0.6 is 0 Å². The standard InChI is InChI=1S/C18H24N2O2/c1-5-6-7-8-17-13(2)19-20(14(17)3)18(21)15-9-11-16(22-4)12-10-15/h9-12H,5-8H2,1-4H3. The zero-order valence-corrected chi connectivity index (χ0v) is 13.8. The molecule has 2 rings (SSSR count). The average Bonchev–Trinajstić information content (AvgIpc) is 2.82. The van der Waals surface area contributed by atoms with E-state index in [0.29, 0.717) is 5.56 Å². The number of unbranched alkanes of at least 4 members (excludes halogenated alkanes) is 2. The molecule has 0 fully saturated rings. The van der Waals surface area contributed by atoms with Crippen LogP contribution in [0.15, 0.2) is 24.3 Å². The van der Waals surface area contributed by atoms with Crippen LogP contribution in [0.5, 0.6) is 5.75 Å². The van der Waals surface area contributed by atoms with Crippen molar-refractivity contribution in [3.63, 3.8) is 0 Å². The third kappa shape index (κ3) is 3.38. The molecule has 0 saturated carbocycles. The van der Waals surface area contributed by atoms with Crippen LogP contribution < -0.4 is 4.74 Å². The lowest BCUT2D eigenvalue weighted by molar-refractivity contribution is 0.0942. The minimum Gasteiger partial charge on any atom is -0.497 e. The summed E-state index contributed by atoms with van der Waals surface area (Å²) in [4.78, 5) is 12.6. The third-order valence-corrected chi connectivity index (χ3v) is 4.00. The molecule has 0 atom stereocenters. The molecule has 1 heterocycles. The van der Waals surface area contributed by atoms with Gasteiger partial charge in [0.1, 0.15) is 5.75 Å². The maximum absolute atomic E-state index is 12.6. The van der Waals surface area contributed by atoms with Gasteiger partial charge in [-0.2, -0.15) is 5.10 Å². The van der Waals surface area contributed by atoms with Crippen LogP contribution in [0.1, 0.15) is 53.5 Å². The van der Waals surface area contributed by atoms with Crippen molar-refractivity contribution in [2.24, 2.45) is 0 Å². The van der Waals surface area contributed by atoms with E-state index in [4.69, 9.17) is 4.74 Å². The van der Waals surface area contributed by atoms with Crippen LogP contribution in [0.4, 0.5) is 0 Å². The third-order valence-electron chi connectivity index (χ3n) is 4.00. The Labute approximate surface area is 132 Å². The molecule has 22 heavy (non-hydrogen) atoms. The molecule has 0 radical (unpaired) electrons. The highest BCUT2D eigenvalue weighted by Gasteiger charge is 2.17. The lowest BCUT2D eigenvalue weighted by Crippen LogP contribution is -2.15. The monoisotopic (exact) mass is 300 g/mol. The van der Waals surface area contributed by atoms with Gasteiger partial charge in [-0.25, -0.2) is 4.68 Å². The van der Waals surface area contributed by atoms with Crippen LogP contribution in [0.25, 0.3) is 0 Å². The Morgan fingerprint density at radius 1 is 1.18 bits per heavy atom. The SMILES string of the molecule is CCCCCc1c(C)nn(C(=O)c2ccc(OC)cc2)c1C. The first-order valence-corrected chi connectivity index (χ1v) is 7.82. The lowest BCUT2D eigenvalue weighted by Gasteiger charge is -2.05. The Morgan fingerprint density at radius 3 is 2.45 bits per heavy atom. The maximum atomic E-state index is 12.6. The van der Waals surface area contributed by atoms with Crippen LogP contribution in [-0.4, -0.2) is 22.8 Å². The van der Waals surface area contributed by atoms with Crippen LogP contribution in [0.2, 0.25) is 0 Å². The fourth-order valence-corrected chi connectivity index (χ4v) is 2.64. The number of carbonyl (C=O) groups excluding carboxylic acids is 1. The minimum absolute atomic E-state index is 0.0926. The van der Waals surface area contributed by atoms with Gasteiger partial charge in [0.2, 0.25) is 0 Å². The van der Waals surface area contributed by atoms with Crippen LogP contribution in [-0.2, 0) is 6.42 Å². The summed E-state index contributed by atoms with van der Waals surface area (Å²) >= 11 is 0. The van der Waals surface area contributed by atoms with Gasteiger partial charge in [0, 0.05) is 11.3 Å². The van der Waals surface area contributed by atoms with E-state index >= 15 is 0 Å². The summed E-state index contributed by atoms with van der Waals surface area (Å²) in [5, 5.41) is 4.44. The Hall–Kier alpha value is -2.10. The van der Waals surface area contributed by atoms with Crippen molar-refractivity contribution in [3.8, 4) is 5.75 Å². The molecule has 0 N–H and O–H groups in total. The van der Waals surface area contributed by atoms with E-state index in [1.807, 2.05) is 13.8 Å². The molecule has 0 amide bonds. The maximum Gasteiger partial charge on any atom is 0.278 e. The molecular formula is C18H24N2O2. The number of rotatable bonds is 6. The predicted octanol–water partition coefficient (Wildman–Crippen LogP) is 3.93. The Morgan fingerprint density at radius 2 is 1.86 bits per heavy atom. The summed E-state index contributed by atoms with van der Waals surface area (Å²) in [7, 11) is 1.61. The molecule has 0 saturated heterocycles. The zero-order valence-electron chi connectivity index (χ0n) is 13.8. The Balaban J connectivity index is 2.24. The highest BCUT2D eigenvalue weighted by Crippen LogP contribution is 2.19. The largest absolute Gasteiger partial charge is 0.497 e. The first kappa shape index (κ1) is 16.3. The van der Waals surface area contributed by atoms with E-state index in [2.05, 4.69) is 12.0 Å². The number of hydrogen-bond donors (Lipinski definition) is 0. The number of methoxy groups -OCH3 is 1. The molecule has 4 heteroatoms. The number of aromatic nitrogens is 2. The van der Waals surface area contributed by atoms with E-state index < -0.39 is 0 Å². The molecule has 0 aliphatic carbocycles. The summed E-state index contributed by atoms with van der Waals surface area (Å²) in [6.07, 6.45) is 4.52. The van der Waals surface area contributed by atoms with Gasteiger partial charge < -0.3 is 4.74 Å². The van der Waals surface area contributed by atoms with Gasteiger partial charge in [-0.3, -0.25) is 4.79 Å². The van der Waals surface area contributed by atoms with Crippen molar-refractivity contribution in [1.29, 1.82) is 0 Å². The van der Waals surface area contributed by atoms with Gasteiger partial charge >= 0.3 is 0 Å². The Bertz CT molecular complexity index is 642. The van der Waals surface area contributed by atoms with E-state index in [9.17, 15) is 4.79 Å². The smallest absolute Gasteiger partial charge is 0.278 e. The number of carbonyl (C=O) groups is 1. The van der Waals surface area contributed by atoms with Gasteiger partial charge in [-0.1, -0.05) is 19.8 Å². The van der Waals surface area contributed by atoms with Crippen LogP contribution in [0, 0.1) is 13.8 Å². The number of nitrogens with zero attached hydrogens (tertiary/aromatic N) is 2. The molecule has 0 bridgehead atoms. The summed E-state index contributed by atoms with van der Waals surface area (Å²) in [5.41, 5.74) is 3.73. The van der Waals surface area contributed by atoms with Crippen molar-refractivity contribution in [3.05, 3.63) is 46.8 Å². The molecule has 1 aromatic carbocycles. The van der Waals surface area contributed by atoms with Crippen LogP contribution in [0.3, 0.4) is 0 Å². The second-order valence-corrected chi connectivity index (χ2v) is 5.55. The minimum atomic E-state index is -0.0926. The topological polar surface area (TPSA) is 44.1 Å². The van der Waals surface area contributed by atoms with Crippen molar-refractivity contribution < 1.29 is 9.53 Å². The van der Waals surface area contributed by atoms with Gasteiger partial charge in [-0.15, -0.1) is 0 Å². The van der Waals surface area contributed by atoms with Gasteiger partial charge in [0.25, 0.3) is 5.91 Å². The van der Waals surface area contributed by atoms with E-state index in [1.54, 1.807) is 31.4 Å². The predicted molar refractivity (Wildman–Crippen MR) is 87.7 cm³/mol. The molecule has 0 unspecified atom stereocenters. The summed E-state index contributed by atoms with van der Waals surface area (Å²) in [6.45, 7) is 6.14. The molecule has 2 aromatic rings. The second-order valence-electron chi connectivity index (χ2n) is 5.55. The van der Waals surface area contributed by atoms with E-state index in [0.717, 1.165) is 30.0 Å². The van der Waals surface area contributed by atoms with Gasteiger partial charge in [0.15, 0.2) is 0 Å². The average molecular weight is 300 g/mol. The van der Waals surface area contributed by atoms with Gasteiger partial charge in [0.05, 0.1) is 12.8 Å². The number of aryl methyl sites for hydroxylation is 1. The van der Waals surface area contributed by atoms with Crippen molar-refractivity contribution in [2.75, 3.05) is 7.11 Å². The molecule has 0 aliphatic heterocycles. The summed E-state index contributed by atoms with van der Waals surface area (Å²) in [5.74, 6) is 0.648. The van der Waals surface area contributed by atoms with Crippen molar-refractivity contribution >= 4 is 5.91 Å². The number of benzene rings is 1.